The van der Waals surface area contributed by atoms with E-state index >= 15 is 0 Å². The summed E-state index contributed by atoms with van der Waals surface area (Å²) in [6.45, 7) is 12.5. The monoisotopic (exact) mass is 359 g/mol. The smallest absolute Gasteiger partial charge is 0.191 e. The number of benzene rings is 1. The van der Waals surface area contributed by atoms with Gasteiger partial charge >= 0.3 is 0 Å². The second-order valence-corrected chi connectivity index (χ2v) is 8.06. The SMILES string of the molecule is CCNC(=NCc1ccc(CN2CCCC2)cc1)NCC(C)(C)N(C)C. The van der Waals surface area contributed by atoms with Crippen LogP contribution in [0.1, 0.15) is 44.7 Å². The molecule has 5 nitrogen and oxygen atoms in total. The standard InChI is InChI=1S/C21H37N5/c1-6-22-20(24-17-21(2,3)25(4)5)23-15-18-9-11-19(12-10-18)16-26-13-7-8-14-26/h9-12H,6-8,13-17H2,1-5H3,(H2,22,23,24). The Bertz CT molecular complexity index is 556. The molecule has 1 heterocycles. The van der Waals surface area contributed by atoms with Gasteiger partial charge in [-0.15, -0.1) is 0 Å². The van der Waals surface area contributed by atoms with Gasteiger partial charge in [0.2, 0.25) is 0 Å². The third-order valence-corrected chi connectivity index (χ3v) is 5.29. The van der Waals surface area contributed by atoms with E-state index in [-0.39, 0.29) is 5.54 Å². The molecule has 0 amide bonds. The van der Waals surface area contributed by atoms with Gasteiger partial charge in [-0.25, -0.2) is 4.99 Å². The van der Waals surface area contributed by atoms with E-state index in [1.807, 2.05) is 0 Å². The molecule has 0 radical (unpaired) electrons. The minimum Gasteiger partial charge on any atom is -0.357 e. The van der Waals surface area contributed by atoms with Gasteiger partial charge in [-0.3, -0.25) is 4.90 Å². The molecule has 5 heteroatoms. The number of rotatable bonds is 8. The van der Waals surface area contributed by atoms with Gasteiger partial charge in [-0.05, 0) is 71.9 Å². The fourth-order valence-corrected chi connectivity index (χ4v) is 2.92. The van der Waals surface area contributed by atoms with E-state index in [0.717, 1.165) is 25.6 Å². The molecule has 0 atom stereocenters. The van der Waals surface area contributed by atoms with Crippen LogP contribution in [0.4, 0.5) is 0 Å². The number of aliphatic imine (C=N–C) groups is 1. The fraction of sp³-hybridized carbons (Fsp3) is 0.667. The molecule has 1 fully saturated rings. The van der Waals surface area contributed by atoms with E-state index < -0.39 is 0 Å². The van der Waals surface area contributed by atoms with Crippen molar-refractivity contribution in [2.75, 3.05) is 40.3 Å². The largest absolute Gasteiger partial charge is 0.357 e. The third kappa shape index (κ3) is 6.61. The van der Waals surface area contributed by atoms with Crippen molar-refractivity contribution in [3.05, 3.63) is 35.4 Å². The van der Waals surface area contributed by atoms with Crippen LogP contribution in [0.2, 0.25) is 0 Å². The van der Waals surface area contributed by atoms with Crippen molar-refractivity contribution in [2.45, 2.75) is 52.2 Å². The number of nitrogens with zero attached hydrogens (tertiary/aromatic N) is 3. The molecule has 26 heavy (non-hydrogen) atoms. The topological polar surface area (TPSA) is 42.9 Å². The molecule has 0 bridgehead atoms. The van der Waals surface area contributed by atoms with Crippen LogP contribution in [0.25, 0.3) is 0 Å². The lowest BCUT2D eigenvalue weighted by molar-refractivity contribution is 0.197. The van der Waals surface area contributed by atoms with Crippen molar-refractivity contribution in [1.82, 2.24) is 20.4 Å². The Morgan fingerprint density at radius 2 is 1.69 bits per heavy atom. The van der Waals surface area contributed by atoms with Crippen LogP contribution < -0.4 is 10.6 Å². The molecule has 1 aromatic rings. The summed E-state index contributed by atoms with van der Waals surface area (Å²) >= 11 is 0. The summed E-state index contributed by atoms with van der Waals surface area (Å²) in [6.07, 6.45) is 2.69. The normalized spacial score (nSPS) is 16.3. The third-order valence-electron chi connectivity index (χ3n) is 5.29. The average Bonchev–Trinajstić information content (AvgIpc) is 3.11. The second-order valence-electron chi connectivity index (χ2n) is 8.06. The van der Waals surface area contributed by atoms with Gasteiger partial charge in [0.25, 0.3) is 0 Å². The van der Waals surface area contributed by atoms with Crippen LogP contribution in [0.5, 0.6) is 0 Å². The molecule has 0 aliphatic carbocycles. The van der Waals surface area contributed by atoms with Crippen molar-refractivity contribution in [3.8, 4) is 0 Å². The number of nitrogens with one attached hydrogen (secondary N) is 2. The molecule has 2 rings (SSSR count). The van der Waals surface area contributed by atoms with Gasteiger partial charge in [0.1, 0.15) is 0 Å². The maximum Gasteiger partial charge on any atom is 0.191 e. The predicted octanol–water partition coefficient (Wildman–Crippen LogP) is 2.68. The Morgan fingerprint density at radius 1 is 1.08 bits per heavy atom. The number of hydrogen-bond acceptors (Lipinski definition) is 3. The van der Waals surface area contributed by atoms with E-state index in [1.165, 1.54) is 37.1 Å². The average molecular weight is 360 g/mol. The number of likely N-dealkylation sites (tertiary alicyclic amines) is 1. The van der Waals surface area contributed by atoms with Crippen molar-refractivity contribution >= 4 is 5.96 Å². The Labute approximate surface area is 159 Å². The van der Waals surface area contributed by atoms with E-state index in [0.29, 0.717) is 6.54 Å². The number of likely N-dealkylation sites (N-methyl/N-ethyl adjacent to an activating group) is 1. The van der Waals surface area contributed by atoms with Crippen LogP contribution in [0.3, 0.4) is 0 Å². The maximum atomic E-state index is 4.74. The van der Waals surface area contributed by atoms with Gasteiger partial charge in [0.15, 0.2) is 5.96 Å². The number of hydrogen-bond donors (Lipinski definition) is 2. The molecule has 1 saturated heterocycles. The number of guanidine groups is 1. The summed E-state index contributed by atoms with van der Waals surface area (Å²) in [5, 5.41) is 6.80. The van der Waals surface area contributed by atoms with Gasteiger partial charge in [-0.2, -0.15) is 0 Å². The van der Waals surface area contributed by atoms with E-state index in [9.17, 15) is 0 Å². The summed E-state index contributed by atoms with van der Waals surface area (Å²) in [6, 6.07) is 8.92. The molecule has 0 unspecified atom stereocenters. The minimum atomic E-state index is 0.0768. The molecular weight excluding hydrogens is 322 g/mol. The van der Waals surface area contributed by atoms with E-state index in [1.54, 1.807) is 0 Å². The first-order valence-corrected chi connectivity index (χ1v) is 9.90. The van der Waals surface area contributed by atoms with Crippen LogP contribution in [0.15, 0.2) is 29.3 Å². The Morgan fingerprint density at radius 3 is 2.27 bits per heavy atom. The summed E-state index contributed by atoms with van der Waals surface area (Å²) in [5.41, 5.74) is 2.73. The fourth-order valence-electron chi connectivity index (χ4n) is 2.92. The highest BCUT2D eigenvalue weighted by atomic mass is 15.2. The summed E-state index contributed by atoms with van der Waals surface area (Å²) in [4.78, 5) is 9.50. The first-order chi connectivity index (χ1) is 12.4. The lowest BCUT2D eigenvalue weighted by Crippen LogP contribution is -2.50. The molecule has 2 N–H and O–H groups in total. The Balaban J connectivity index is 1.89. The molecular formula is C21H37N5. The minimum absolute atomic E-state index is 0.0768. The maximum absolute atomic E-state index is 4.74. The zero-order valence-corrected chi connectivity index (χ0v) is 17.3. The zero-order valence-electron chi connectivity index (χ0n) is 17.3. The van der Waals surface area contributed by atoms with Crippen LogP contribution in [-0.4, -0.2) is 61.6 Å². The van der Waals surface area contributed by atoms with Crippen molar-refractivity contribution in [1.29, 1.82) is 0 Å². The quantitative estimate of drug-likeness (QED) is 0.553. The molecule has 1 aliphatic heterocycles. The van der Waals surface area contributed by atoms with Gasteiger partial charge in [0, 0.05) is 25.2 Å². The summed E-state index contributed by atoms with van der Waals surface area (Å²) in [5.74, 6) is 0.878. The molecule has 146 valence electrons. The van der Waals surface area contributed by atoms with Crippen LogP contribution >= 0.6 is 0 Å². The van der Waals surface area contributed by atoms with Crippen molar-refractivity contribution in [3.63, 3.8) is 0 Å². The first kappa shape index (κ1) is 20.7. The van der Waals surface area contributed by atoms with Gasteiger partial charge in [0.05, 0.1) is 6.54 Å². The molecule has 0 aromatic heterocycles. The molecule has 0 spiro atoms. The summed E-state index contributed by atoms with van der Waals surface area (Å²) < 4.78 is 0. The Kier molecular flexibility index (Phi) is 7.91. The second kappa shape index (κ2) is 9.93. The van der Waals surface area contributed by atoms with Crippen LogP contribution in [-0.2, 0) is 13.1 Å². The molecule has 0 saturated carbocycles. The first-order valence-electron chi connectivity index (χ1n) is 9.90. The summed E-state index contributed by atoms with van der Waals surface area (Å²) in [7, 11) is 4.21. The highest BCUT2D eigenvalue weighted by Gasteiger charge is 2.20. The van der Waals surface area contributed by atoms with E-state index in [2.05, 4.69) is 79.6 Å². The van der Waals surface area contributed by atoms with Gasteiger partial charge < -0.3 is 15.5 Å². The van der Waals surface area contributed by atoms with Crippen molar-refractivity contribution < 1.29 is 0 Å². The predicted molar refractivity (Wildman–Crippen MR) is 112 cm³/mol. The van der Waals surface area contributed by atoms with Gasteiger partial charge in [-0.1, -0.05) is 24.3 Å². The highest BCUT2D eigenvalue weighted by molar-refractivity contribution is 5.79. The molecule has 1 aliphatic rings. The zero-order chi connectivity index (χ0) is 19.0. The van der Waals surface area contributed by atoms with Crippen LogP contribution in [0, 0.1) is 0 Å². The lowest BCUT2D eigenvalue weighted by atomic mass is 10.0. The Hall–Kier alpha value is -1.59. The lowest BCUT2D eigenvalue weighted by Gasteiger charge is -2.33. The van der Waals surface area contributed by atoms with Crippen molar-refractivity contribution in [2.24, 2.45) is 4.99 Å². The highest BCUT2D eigenvalue weighted by Crippen LogP contribution is 2.13. The van der Waals surface area contributed by atoms with E-state index in [4.69, 9.17) is 4.99 Å². The molecule has 1 aromatic carbocycles.